The van der Waals surface area contributed by atoms with E-state index in [2.05, 4.69) is 38.1 Å². The molecule has 3 nitrogen and oxygen atoms in total. The summed E-state index contributed by atoms with van der Waals surface area (Å²) in [7, 11) is 1.66. The molecule has 0 saturated heterocycles. The van der Waals surface area contributed by atoms with Gasteiger partial charge in [0.15, 0.2) is 0 Å². The molecule has 2 aromatic carbocycles. The molecule has 1 unspecified atom stereocenters. The highest BCUT2D eigenvalue weighted by atomic mass is 16.5. The number of rotatable bonds is 2. The molecule has 2 N–H and O–H groups in total. The van der Waals surface area contributed by atoms with Crippen LogP contribution in [0.4, 0.5) is 0 Å². The Hall–Kier alpha value is -2.00. The monoisotopic (exact) mass is 283 g/mol. The standard InChI is InChI=1S/C18H21NO2/c1-12-5-4-6-13(9-12)18(2)11-16(19)15-8-7-14(20-3)10-17(15)21-18/h4-10,16H,11,19H2,1-3H3/t16-,18?/m1/s1. The van der Waals surface area contributed by atoms with Crippen LogP contribution in [0, 0.1) is 6.92 Å². The van der Waals surface area contributed by atoms with E-state index in [9.17, 15) is 0 Å². The fourth-order valence-corrected chi connectivity index (χ4v) is 3.00. The molecular formula is C18H21NO2. The summed E-state index contributed by atoms with van der Waals surface area (Å²) < 4.78 is 11.6. The normalized spacial score (nSPS) is 24.1. The van der Waals surface area contributed by atoms with Gasteiger partial charge < -0.3 is 15.2 Å². The van der Waals surface area contributed by atoms with E-state index < -0.39 is 5.60 Å². The maximum absolute atomic E-state index is 6.37. The van der Waals surface area contributed by atoms with Crippen molar-refractivity contribution in [2.45, 2.75) is 31.9 Å². The van der Waals surface area contributed by atoms with Crippen LogP contribution < -0.4 is 15.2 Å². The van der Waals surface area contributed by atoms with Crippen LogP contribution in [-0.4, -0.2) is 7.11 Å². The van der Waals surface area contributed by atoms with Crippen molar-refractivity contribution in [2.75, 3.05) is 7.11 Å². The number of nitrogens with two attached hydrogens (primary N) is 1. The fraction of sp³-hybridized carbons (Fsp3) is 0.333. The Morgan fingerprint density at radius 3 is 2.76 bits per heavy atom. The van der Waals surface area contributed by atoms with Gasteiger partial charge >= 0.3 is 0 Å². The van der Waals surface area contributed by atoms with E-state index in [-0.39, 0.29) is 6.04 Å². The second-order valence-electron chi connectivity index (χ2n) is 5.92. The molecule has 110 valence electrons. The lowest BCUT2D eigenvalue weighted by atomic mass is 9.83. The summed E-state index contributed by atoms with van der Waals surface area (Å²) in [4.78, 5) is 0. The van der Waals surface area contributed by atoms with Gasteiger partial charge in [-0.2, -0.15) is 0 Å². The summed E-state index contributed by atoms with van der Waals surface area (Å²) in [5, 5.41) is 0. The zero-order chi connectivity index (χ0) is 15.0. The SMILES string of the molecule is COc1ccc2c(c1)OC(C)(c1cccc(C)c1)C[C@H]2N. The fourth-order valence-electron chi connectivity index (χ4n) is 3.00. The van der Waals surface area contributed by atoms with Crippen molar-refractivity contribution in [1.82, 2.24) is 0 Å². The lowest BCUT2D eigenvalue weighted by molar-refractivity contribution is 0.0508. The molecule has 21 heavy (non-hydrogen) atoms. The van der Waals surface area contributed by atoms with E-state index in [1.54, 1.807) is 7.11 Å². The lowest BCUT2D eigenvalue weighted by Crippen LogP contribution is -2.38. The van der Waals surface area contributed by atoms with Crippen molar-refractivity contribution in [1.29, 1.82) is 0 Å². The summed E-state index contributed by atoms with van der Waals surface area (Å²) in [6, 6.07) is 14.2. The lowest BCUT2D eigenvalue weighted by Gasteiger charge is -2.39. The van der Waals surface area contributed by atoms with E-state index in [1.807, 2.05) is 18.2 Å². The van der Waals surface area contributed by atoms with Gasteiger partial charge in [0.1, 0.15) is 17.1 Å². The Morgan fingerprint density at radius 1 is 1.24 bits per heavy atom. The molecule has 2 aromatic rings. The Bertz CT molecular complexity index is 668. The zero-order valence-corrected chi connectivity index (χ0v) is 12.7. The van der Waals surface area contributed by atoms with E-state index in [0.717, 1.165) is 29.0 Å². The first kappa shape index (κ1) is 14.0. The average Bonchev–Trinajstić information content (AvgIpc) is 2.46. The maximum Gasteiger partial charge on any atom is 0.133 e. The number of benzene rings is 2. The maximum atomic E-state index is 6.37. The van der Waals surface area contributed by atoms with Gasteiger partial charge in [0, 0.05) is 24.1 Å². The number of fused-ring (bicyclic) bond motifs is 1. The molecule has 0 radical (unpaired) electrons. The van der Waals surface area contributed by atoms with E-state index in [1.165, 1.54) is 5.56 Å². The first-order valence-electron chi connectivity index (χ1n) is 7.21. The first-order valence-corrected chi connectivity index (χ1v) is 7.21. The molecule has 0 saturated carbocycles. The molecule has 1 aliphatic heterocycles. The molecule has 3 rings (SSSR count). The summed E-state index contributed by atoms with van der Waals surface area (Å²) in [6.07, 6.45) is 0.760. The molecule has 0 aromatic heterocycles. The summed E-state index contributed by atoms with van der Waals surface area (Å²) in [6.45, 7) is 4.19. The second kappa shape index (κ2) is 5.08. The average molecular weight is 283 g/mol. The highest BCUT2D eigenvalue weighted by Gasteiger charge is 2.37. The van der Waals surface area contributed by atoms with Crippen LogP contribution in [-0.2, 0) is 5.60 Å². The number of ether oxygens (including phenoxy) is 2. The highest BCUT2D eigenvalue weighted by Crippen LogP contribution is 2.44. The van der Waals surface area contributed by atoms with Crippen LogP contribution in [0.5, 0.6) is 11.5 Å². The quantitative estimate of drug-likeness (QED) is 0.914. The second-order valence-corrected chi connectivity index (χ2v) is 5.92. The molecule has 2 atom stereocenters. The van der Waals surface area contributed by atoms with Crippen LogP contribution in [0.3, 0.4) is 0 Å². The molecule has 1 heterocycles. The summed E-state index contributed by atoms with van der Waals surface area (Å²) in [5.41, 5.74) is 9.38. The van der Waals surface area contributed by atoms with Gasteiger partial charge in [0.2, 0.25) is 0 Å². The smallest absolute Gasteiger partial charge is 0.133 e. The number of hydrogen-bond acceptors (Lipinski definition) is 3. The van der Waals surface area contributed by atoms with Crippen molar-refractivity contribution in [2.24, 2.45) is 5.73 Å². The van der Waals surface area contributed by atoms with Gasteiger partial charge in [0.25, 0.3) is 0 Å². The molecular weight excluding hydrogens is 262 g/mol. The third-order valence-electron chi connectivity index (χ3n) is 4.19. The Balaban J connectivity index is 2.03. The van der Waals surface area contributed by atoms with Gasteiger partial charge in [-0.05, 0) is 25.5 Å². The van der Waals surface area contributed by atoms with Gasteiger partial charge in [0.05, 0.1) is 7.11 Å². The van der Waals surface area contributed by atoms with Crippen molar-refractivity contribution in [3.63, 3.8) is 0 Å². The van der Waals surface area contributed by atoms with Crippen molar-refractivity contribution < 1.29 is 9.47 Å². The third-order valence-corrected chi connectivity index (χ3v) is 4.19. The Kier molecular flexibility index (Phi) is 3.38. The minimum Gasteiger partial charge on any atom is -0.497 e. The minimum absolute atomic E-state index is 0.0369. The van der Waals surface area contributed by atoms with Crippen LogP contribution in [0.2, 0.25) is 0 Å². The van der Waals surface area contributed by atoms with E-state index >= 15 is 0 Å². The van der Waals surface area contributed by atoms with Gasteiger partial charge in [-0.3, -0.25) is 0 Å². The van der Waals surface area contributed by atoms with E-state index in [0.29, 0.717) is 0 Å². The minimum atomic E-state index is -0.412. The van der Waals surface area contributed by atoms with Crippen LogP contribution >= 0.6 is 0 Å². The van der Waals surface area contributed by atoms with Crippen molar-refractivity contribution >= 4 is 0 Å². The number of aryl methyl sites for hydroxylation is 1. The molecule has 3 heteroatoms. The molecule has 0 bridgehead atoms. The van der Waals surface area contributed by atoms with E-state index in [4.69, 9.17) is 15.2 Å². The summed E-state index contributed by atoms with van der Waals surface area (Å²) >= 11 is 0. The summed E-state index contributed by atoms with van der Waals surface area (Å²) in [5.74, 6) is 1.60. The third kappa shape index (κ3) is 2.49. The van der Waals surface area contributed by atoms with Crippen LogP contribution in [0.1, 0.15) is 36.1 Å². The molecule has 0 amide bonds. The van der Waals surface area contributed by atoms with Crippen LogP contribution in [0.25, 0.3) is 0 Å². The first-order chi connectivity index (χ1) is 10.0. The van der Waals surface area contributed by atoms with Gasteiger partial charge in [-0.25, -0.2) is 0 Å². The number of hydrogen-bond donors (Lipinski definition) is 1. The van der Waals surface area contributed by atoms with Crippen molar-refractivity contribution in [3.8, 4) is 11.5 Å². The highest BCUT2D eigenvalue weighted by molar-refractivity contribution is 5.45. The topological polar surface area (TPSA) is 44.5 Å². The molecule has 0 spiro atoms. The molecule has 1 aliphatic rings. The number of methoxy groups -OCH3 is 1. The van der Waals surface area contributed by atoms with Crippen molar-refractivity contribution in [3.05, 3.63) is 59.2 Å². The Morgan fingerprint density at radius 2 is 2.05 bits per heavy atom. The van der Waals surface area contributed by atoms with Crippen LogP contribution in [0.15, 0.2) is 42.5 Å². The zero-order valence-electron chi connectivity index (χ0n) is 12.7. The predicted molar refractivity (Wildman–Crippen MR) is 83.7 cm³/mol. The Labute approximate surface area is 125 Å². The molecule has 0 aliphatic carbocycles. The largest absolute Gasteiger partial charge is 0.497 e. The predicted octanol–water partition coefficient (Wildman–Crippen LogP) is 3.70. The van der Waals surface area contributed by atoms with Gasteiger partial charge in [-0.15, -0.1) is 0 Å². The van der Waals surface area contributed by atoms with Gasteiger partial charge in [-0.1, -0.05) is 35.9 Å². The molecule has 0 fully saturated rings.